The maximum absolute atomic E-state index is 2.63. The molecule has 2 nitrogen and oxygen atoms in total. The second-order valence-electron chi connectivity index (χ2n) is 13.4. The molecular weight excluding hydrogens is 496 g/mol. The predicted octanol–water partition coefficient (Wildman–Crippen LogP) is 13.1. The van der Waals surface area contributed by atoms with Crippen LogP contribution in [-0.2, 0) is 19.5 Å². The van der Waals surface area contributed by atoms with Crippen molar-refractivity contribution in [2.75, 3.05) is 0 Å². The van der Waals surface area contributed by atoms with Crippen LogP contribution in [0.25, 0.3) is 0 Å². The molecular formula is C39H77N2+. The van der Waals surface area contributed by atoms with E-state index in [1.54, 1.807) is 5.82 Å². The molecule has 0 radical (unpaired) electrons. The van der Waals surface area contributed by atoms with E-state index in [9.17, 15) is 0 Å². The molecule has 0 fully saturated rings. The average molecular weight is 574 g/mol. The summed E-state index contributed by atoms with van der Waals surface area (Å²) in [5.74, 6) is 1.62. The topological polar surface area (TPSA) is 8.81 Å². The molecule has 0 aliphatic rings. The van der Waals surface area contributed by atoms with Gasteiger partial charge in [-0.2, -0.15) is 0 Å². The van der Waals surface area contributed by atoms with E-state index in [0.29, 0.717) is 0 Å². The fourth-order valence-electron chi connectivity index (χ4n) is 6.50. The van der Waals surface area contributed by atoms with Crippen molar-refractivity contribution in [2.24, 2.45) is 0 Å². The standard InChI is InChI=1S/C39H77N2/c1-4-7-10-13-16-18-19-20-21-22-23-24-27-30-33-36-41-38-37-40(35-32-29-26-17-14-11-8-5-2)39(41)34-31-28-25-15-12-9-6-3/h37-38H,4-36H2,1-3H3/q+1. The molecule has 0 aliphatic heterocycles. The molecule has 0 unspecified atom stereocenters. The van der Waals surface area contributed by atoms with Crippen molar-refractivity contribution in [1.29, 1.82) is 0 Å². The lowest BCUT2D eigenvalue weighted by Crippen LogP contribution is -2.37. The lowest BCUT2D eigenvalue weighted by atomic mass is 10.0. The Hall–Kier alpha value is -0.790. The summed E-state index contributed by atoms with van der Waals surface area (Å²) in [5.41, 5.74) is 0. The highest BCUT2D eigenvalue weighted by Crippen LogP contribution is 2.15. The smallest absolute Gasteiger partial charge is 0.234 e. The number of nitrogens with zero attached hydrogens (tertiary/aromatic N) is 2. The zero-order valence-electron chi connectivity index (χ0n) is 28.9. The van der Waals surface area contributed by atoms with Crippen LogP contribution in [0.3, 0.4) is 0 Å². The molecule has 0 amide bonds. The molecule has 0 bridgehead atoms. The molecule has 0 saturated carbocycles. The van der Waals surface area contributed by atoms with Gasteiger partial charge in [0.2, 0.25) is 0 Å². The van der Waals surface area contributed by atoms with Crippen LogP contribution in [0.5, 0.6) is 0 Å². The third-order valence-electron chi connectivity index (χ3n) is 9.35. The first-order chi connectivity index (χ1) is 20.3. The zero-order valence-corrected chi connectivity index (χ0v) is 28.9. The van der Waals surface area contributed by atoms with Gasteiger partial charge in [0, 0.05) is 6.42 Å². The number of imidazole rings is 1. The molecule has 1 rings (SSSR count). The van der Waals surface area contributed by atoms with E-state index in [0.717, 1.165) is 0 Å². The molecule has 242 valence electrons. The maximum Gasteiger partial charge on any atom is 0.256 e. The molecule has 1 heterocycles. The minimum absolute atomic E-state index is 1.23. The lowest BCUT2D eigenvalue weighted by Gasteiger charge is -2.07. The number of aromatic nitrogens is 2. The molecule has 2 heteroatoms. The van der Waals surface area contributed by atoms with E-state index in [1.165, 1.54) is 212 Å². The van der Waals surface area contributed by atoms with Crippen molar-refractivity contribution in [2.45, 2.75) is 233 Å². The van der Waals surface area contributed by atoms with Crippen molar-refractivity contribution in [3.05, 3.63) is 18.2 Å². The minimum atomic E-state index is 1.23. The van der Waals surface area contributed by atoms with Gasteiger partial charge in [-0.25, -0.2) is 9.13 Å². The summed E-state index contributed by atoms with van der Waals surface area (Å²) in [6.45, 7) is 9.40. The Labute approximate surface area is 259 Å². The second-order valence-corrected chi connectivity index (χ2v) is 13.4. The van der Waals surface area contributed by atoms with Gasteiger partial charge in [-0.05, 0) is 32.1 Å². The van der Waals surface area contributed by atoms with Gasteiger partial charge in [0.25, 0.3) is 5.82 Å². The molecule has 0 atom stereocenters. The summed E-state index contributed by atoms with van der Waals surface area (Å²) in [6.07, 6.45) is 48.9. The van der Waals surface area contributed by atoms with Crippen LogP contribution in [0.4, 0.5) is 0 Å². The van der Waals surface area contributed by atoms with Gasteiger partial charge in [-0.3, -0.25) is 0 Å². The van der Waals surface area contributed by atoms with Crippen molar-refractivity contribution in [3.8, 4) is 0 Å². The Morgan fingerprint density at radius 3 is 1.17 bits per heavy atom. The van der Waals surface area contributed by atoms with Crippen LogP contribution in [0.15, 0.2) is 12.4 Å². The van der Waals surface area contributed by atoms with E-state index in [2.05, 4.69) is 42.3 Å². The Morgan fingerprint density at radius 1 is 0.415 bits per heavy atom. The van der Waals surface area contributed by atoms with E-state index in [4.69, 9.17) is 0 Å². The molecule has 0 N–H and O–H groups in total. The highest BCUT2D eigenvalue weighted by atomic mass is 15.1. The Kier molecular flexibility index (Phi) is 28.6. The van der Waals surface area contributed by atoms with E-state index in [1.807, 2.05) is 0 Å². The van der Waals surface area contributed by atoms with Gasteiger partial charge in [0.05, 0.1) is 13.1 Å². The normalized spacial score (nSPS) is 11.6. The highest BCUT2D eigenvalue weighted by Gasteiger charge is 2.16. The van der Waals surface area contributed by atoms with Gasteiger partial charge in [-0.1, -0.05) is 181 Å². The fraction of sp³-hybridized carbons (Fsp3) is 0.923. The SMILES string of the molecule is CCCCCCCCCCCCCCCCC[n+]1ccn(CCCCCCCCCC)c1CCCCCCCCC. The van der Waals surface area contributed by atoms with Gasteiger partial charge in [0.1, 0.15) is 12.4 Å². The van der Waals surface area contributed by atoms with Gasteiger partial charge in [-0.15, -0.1) is 0 Å². The molecule has 0 aromatic carbocycles. The molecule has 1 aromatic rings. The number of hydrogen-bond acceptors (Lipinski definition) is 0. The Bertz CT molecular complexity index is 634. The highest BCUT2D eigenvalue weighted by molar-refractivity contribution is 4.84. The molecule has 0 spiro atoms. The summed E-state index contributed by atoms with van der Waals surface area (Å²) in [6, 6.07) is 0. The summed E-state index contributed by atoms with van der Waals surface area (Å²) < 4.78 is 5.25. The van der Waals surface area contributed by atoms with Gasteiger partial charge < -0.3 is 0 Å². The summed E-state index contributed by atoms with van der Waals surface area (Å²) in [5, 5.41) is 0. The first kappa shape index (κ1) is 38.2. The van der Waals surface area contributed by atoms with Crippen LogP contribution in [-0.4, -0.2) is 4.57 Å². The fourth-order valence-corrected chi connectivity index (χ4v) is 6.50. The van der Waals surface area contributed by atoms with Crippen molar-refractivity contribution >= 4 is 0 Å². The van der Waals surface area contributed by atoms with Crippen LogP contribution in [0, 0.1) is 0 Å². The van der Waals surface area contributed by atoms with E-state index >= 15 is 0 Å². The van der Waals surface area contributed by atoms with Gasteiger partial charge in [0.15, 0.2) is 0 Å². The van der Waals surface area contributed by atoms with Crippen molar-refractivity contribution < 1.29 is 4.57 Å². The predicted molar refractivity (Wildman–Crippen MR) is 184 cm³/mol. The van der Waals surface area contributed by atoms with E-state index < -0.39 is 0 Å². The molecule has 0 saturated heterocycles. The number of rotatable bonds is 33. The van der Waals surface area contributed by atoms with Crippen LogP contribution in [0.2, 0.25) is 0 Å². The maximum atomic E-state index is 2.63. The number of aryl methyl sites for hydroxylation is 2. The second kappa shape index (κ2) is 30.7. The van der Waals surface area contributed by atoms with Crippen LogP contribution < -0.4 is 4.57 Å². The lowest BCUT2D eigenvalue weighted by molar-refractivity contribution is -0.704. The van der Waals surface area contributed by atoms with Crippen molar-refractivity contribution in [3.63, 3.8) is 0 Å². The summed E-state index contributed by atoms with van der Waals surface area (Å²) in [7, 11) is 0. The molecule has 41 heavy (non-hydrogen) atoms. The first-order valence-electron chi connectivity index (χ1n) is 19.4. The molecule has 0 aliphatic carbocycles. The summed E-state index contributed by atoms with van der Waals surface area (Å²) in [4.78, 5) is 0. The van der Waals surface area contributed by atoms with Crippen LogP contribution in [0.1, 0.15) is 219 Å². The number of hydrogen-bond donors (Lipinski definition) is 0. The van der Waals surface area contributed by atoms with Crippen molar-refractivity contribution in [1.82, 2.24) is 4.57 Å². The van der Waals surface area contributed by atoms with Gasteiger partial charge >= 0.3 is 0 Å². The monoisotopic (exact) mass is 574 g/mol. The largest absolute Gasteiger partial charge is 0.256 e. The quantitative estimate of drug-likeness (QED) is 0.0584. The first-order valence-corrected chi connectivity index (χ1v) is 19.4. The molecule has 1 aromatic heterocycles. The third kappa shape index (κ3) is 23.4. The number of unbranched alkanes of at least 4 members (excludes halogenated alkanes) is 27. The van der Waals surface area contributed by atoms with E-state index in [-0.39, 0.29) is 0 Å². The Morgan fingerprint density at radius 2 is 0.756 bits per heavy atom. The van der Waals surface area contributed by atoms with Crippen LogP contribution >= 0.6 is 0 Å². The average Bonchev–Trinajstić information content (AvgIpc) is 3.37. The zero-order chi connectivity index (χ0) is 29.5. The third-order valence-corrected chi connectivity index (χ3v) is 9.35. The minimum Gasteiger partial charge on any atom is -0.234 e. The Balaban J connectivity index is 2.23. The summed E-state index contributed by atoms with van der Waals surface area (Å²) >= 11 is 0.